The number of aromatic nitrogens is 5. The lowest BCUT2D eigenvalue weighted by Crippen LogP contribution is -2.28. The highest BCUT2D eigenvalue weighted by Gasteiger charge is 2.53. The Hall–Kier alpha value is -4.06. The predicted molar refractivity (Wildman–Crippen MR) is 130 cm³/mol. The zero-order chi connectivity index (χ0) is 27.1. The average Bonchev–Trinajstić information content (AvgIpc) is 3.51. The number of amides is 1. The first-order valence-corrected chi connectivity index (χ1v) is 11.9. The molecule has 2 N–H and O–H groups in total. The molecule has 0 bridgehead atoms. The van der Waals surface area contributed by atoms with E-state index in [4.69, 9.17) is 16.3 Å². The summed E-state index contributed by atoms with van der Waals surface area (Å²) in [5.41, 5.74) is -0.815. The molecule has 1 saturated carbocycles. The molecule has 38 heavy (non-hydrogen) atoms. The molecule has 1 amide bonds. The minimum absolute atomic E-state index is 0.0133. The van der Waals surface area contributed by atoms with Crippen LogP contribution >= 0.6 is 11.6 Å². The monoisotopic (exact) mass is 546 g/mol. The van der Waals surface area contributed by atoms with Gasteiger partial charge in [0.2, 0.25) is 11.8 Å². The van der Waals surface area contributed by atoms with Crippen molar-refractivity contribution in [3.63, 3.8) is 0 Å². The van der Waals surface area contributed by atoms with E-state index in [9.17, 15) is 22.4 Å². The van der Waals surface area contributed by atoms with Crippen LogP contribution < -0.4 is 10.1 Å². The van der Waals surface area contributed by atoms with Gasteiger partial charge in [0.15, 0.2) is 5.82 Å². The van der Waals surface area contributed by atoms with Gasteiger partial charge in [-0.15, -0.1) is 5.10 Å². The molecule has 0 atom stereocenters. The number of hydrogen-bond acceptors (Lipinski definition) is 6. The number of ether oxygens (including phenoxy) is 1. The first-order chi connectivity index (χ1) is 18.1. The highest BCUT2D eigenvalue weighted by Crippen LogP contribution is 2.51. The molecule has 1 fully saturated rings. The molecule has 1 aliphatic carbocycles. The van der Waals surface area contributed by atoms with Crippen LogP contribution in [0.3, 0.4) is 0 Å². The maximum Gasteiger partial charge on any atom is 0.421 e. The summed E-state index contributed by atoms with van der Waals surface area (Å²) in [5.74, 6) is -1.46. The van der Waals surface area contributed by atoms with Gasteiger partial charge in [0.05, 0.1) is 17.0 Å². The topological polar surface area (TPSA) is 106 Å². The lowest BCUT2D eigenvalue weighted by molar-refractivity contribution is -0.139. The van der Waals surface area contributed by atoms with Crippen LogP contribution in [0.2, 0.25) is 5.02 Å². The number of anilines is 1. The molecule has 5 rings (SSSR count). The van der Waals surface area contributed by atoms with Gasteiger partial charge in [0, 0.05) is 28.6 Å². The molecule has 0 unspecified atom stereocenters. The van der Waals surface area contributed by atoms with Crippen LogP contribution in [0.15, 0.2) is 48.7 Å². The SMILES string of the molecule is CCOc1ncc(-c2ccc(NC(=O)C3(c4cccc(Cl)c4F)CC3)cc2-c2nnn[nH]2)cc1C(F)(F)F. The molecule has 2 aromatic heterocycles. The van der Waals surface area contributed by atoms with E-state index < -0.39 is 34.8 Å². The van der Waals surface area contributed by atoms with Crippen LogP contribution in [0.5, 0.6) is 5.88 Å². The summed E-state index contributed by atoms with van der Waals surface area (Å²) < 4.78 is 60.9. The standard InChI is InChI=1S/C25H19ClF4N6O2/c1-2-38-22-18(25(28,29)30)10-13(12-31-22)15-7-6-14(11-16(15)21-33-35-36-34-21)32-23(37)24(8-9-24)17-4-3-5-19(26)20(17)27/h3-7,10-12H,2,8-9H2,1H3,(H,32,37)(H,33,34,35,36). The van der Waals surface area contributed by atoms with Crippen LogP contribution in [0.1, 0.15) is 30.9 Å². The lowest BCUT2D eigenvalue weighted by Gasteiger charge is -2.18. The molecule has 2 aromatic carbocycles. The number of pyridine rings is 1. The molecule has 196 valence electrons. The third-order valence-electron chi connectivity index (χ3n) is 6.28. The molecule has 1 aliphatic rings. The maximum atomic E-state index is 14.7. The van der Waals surface area contributed by atoms with Crippen molar-refractivity contribution in [3.8, 4) is 28.4 Å². The van der Waals surface area contributed by atoms with Crippen LogP contribution in [0, 0.1) is 5.82 Å². The van der Waals surface area contributed by atoms with E-state index in [1.54, 1.807) is 13.0 Å². The first kappa shape index (κ1) is 25.6. The number of nitrogens with one attached hydrogen (secondary N) is 2. The van der Waals surface area contributed by atoms with E-state index in [0.717, 1.165) is 6.07 Å². The van der Waals surface area contributed by atoms with Crippen LogP contribution in [-0.4, -0.2) is 38.1 Å². The summed E-state index contributed by atoms with van der Waals surface area (Å²) in [5, 5.41) is 16.3. The molecule has 13 heteroatoms. The van der Waals surface area contributed by atoms with Gasteiger partial charge in [-0.2, -0.15) is 13.2 Å². The van der Waals surface area contributed by atoms with E-state index in [0.29, 0.717) is 29.7 Å². The average molecular weight is 547 g/mol. The number of halogens is 5. The molecule has 2 heterocycles. The fraction of sp³-hybridized carbons (Fsp3) is 0.240. The normalized spacial score (nSPS) is 14.3. The van der Waals surface area contributed by atoms with Crippen LogP contribution in [0.25, 0.3) is 22.5 Å². The van der Waals surface area contributed by atoms with E-state index >= 15 is 0 Å². The molecule has 8 nitrogen and oxygen atoms in total. The number of hydrogen-bond donors (Lipinski definition) is 2. The number of rotatable bonds is 7. The van der Waals surface area contributed by atoms with E-state index in [1.807, 2.05) is 0 Å². The summed E-state index contributed by atoms with van der Waals surface area (Å²) in [7, 11) is 0. The number of alkyl halides is 3. The van der Waals surface area contributed by atoms with E-state index in [1.165, 1.54) is 36.5 Å². The second-order valence-corrected chi connectivity index (χ2v) is 9.06. The zero-order valence-corrected chi connectivity index (χ0v) is 20.5. The Balaban J connectivity index is 1.53. The van der Waals surface area contributed by atoms with Gasteiger partial charge < -0.3 is 10.1 Å². The first-order valence-electron chi connectivity index (χ1n) is 11.5. The second kappa shape index (κ2) is 9.67. The van der Waals surface area contributed by atoms with E-state index in [2.05, 4.69) is 30.9 Å². The lowest BCUT2D eigenvalue weighted by atomic mass is 9.94. The summed E-state index contributed by atoms with van der Waals surface area (Å²) in [6, 6.07) is 10.0. The fourth-order valence-electron chi connectivity index (χ4n) is 4.27. The molecule has 4 aromatic rings. The highest BCUT2D eigenvalue weighted by atomic mass is 35.5. The Labute approximate surface area is 218 Å². The zero-order valence-electron chi connectivity index (χ0n) is 19.7. The minimum atomic E-state index is -4.70. The molecule has 0 radical (unpaired) electrons. The Morgan fingerprint density at radius 1 is 1.18 bits per heavy atom. The van der Waals surface area contributed by atoms with E-state index in [-0.39, 0.29) is 28.6 Å². The second-order valence-electron chi connectivity index (χ2n) is 8.66. The van der Waals surface area contributed by atoms with Crippen molar-refractivity contribution in [1.29, 1.82) is 0 Å². The number of nitrogens with zero attached hydrogens (tertiary/aromatic N) is 4. The summed E-state index contributed by atoms with van der Waals surface area (Å²) in [4.78, 5) is 17.1. The third-order valence-corrected chi connectivity index (χ3v) is 6.57. The molecule has 0 saturated heterocycles. The minimum Gasteiger partial charge on any atom is -0.478 e. The maximum absolute atomic E-state index is 14.7. The number of aromatic amines is 1. The van der Waals surface area contributed by atoms with Gasteiger partial charge in [-0.05, 0) is 60.0 Å². The van der Waals surface area contributed by atoms with Crippen LogP contribution in [0.4, 0.5) is 23.2 Å². The number of benzene rings is 2. The largest absolute Gasteiger partial charge is 0.478 e. The quantitative estimate of drug-likeness (QED) is 0.283. The van der Waals surface area contributed by atoms with Gasteiger partial charge in [-0.25, -0.2) is 14.5 Å². The number of tetrazole rings is 1. The van der Waals surface area contributed by atoms with Crippen molar-refractivity contribution >= 4 is 23.2 Å². The van der Waals surface area contributed by atoms with Crippen molar-refractivity contribution in [2.24, 2.45) is 0 Å². The summed E-state index contributed by atoms with van der Waals surface area (Å²) >= 11 is 5.92. The highest BCUT2D eigenvalue weighted by molar-refractivity contribution is 6.30. The van der Waals surface area contributed by atoms with Crippen molar-refractivity contribution in [2.45, 2.75) is 31.4 Å². The van der Waals surface area contributed by atoms with Gasteiger partial charge >= 0.3 is 6.18 Å². The third kappa shape index (κ3) is 4.67. The van der Waals surface area contributed by atoms with Crippen molar-refractivity contribution < 1.29 is 27.1 Å². The van der Waals surface area contributed by atoms with Crippen molar-refractivity contribution in [1.82, 2.24) is 25.6 Å². The predicted octanol–water partition coefficient (Wildman–Crippen LogP) is 5.81. The van der Waals surface area contributed by atoms with Crippen LogP contribution in [-0.2, 0) is 16.4 Å². The Kier molecular flexibility index (Phi) is 6.51. The number of H-pyrrole nitrogens is 1. The smallest absolute Gasteiger partial charge is 0.421 e. The number of carbonyl (C=O) groups is 1. The van der Waals surface area contributed by atoms with Gasteiger partial charge in [-0.1, -0.05) is 29.8 Å². The van der Waals surface area contributed by atoms with Crippen molar-refractivity contribution in [2.75, 3.05) is 11.9 Å². The fourth-order valence-corrected chi connectivity index (χ4v) is 4.44. The van der Waals surface area contributed by atoms with Gasteiger partial charge in [-0.3, -0.25) is 4.79 Å². The summed E-state index contributed by atoms with van der Waals surface area (Å²) in [6.45, 7) is 1.57. The number of carbonyl (C=O) groups excluding carboxylic acids is 1. The van der Waals surface area contributed by atoms with Crippen molar-refractivity contribution in [3.05, 3.63) is 70.6 Å². The molecule has 0 spiro atoms. The Bertz CT molecular complexity index is 1510. The summed E-state index contributed by atoms with van der Waals surface area (Å²) in [6.07, 6.45) is -2.58. The molecule has 0 aliphatic heterocycles. The van der Waals surface area contributed by atoms with Gasteiger partial charge in [0.25, 0.3) is 0 Å². The Morgan fingerprint density at radius 2 is 1.97 bits per heavy atom. The Morgan fingerprint density at radius 3 is 2.63 bits per heavy atom. The molecular weight excluding hydrogens is 528 g/mol. The molecular formula is C25H19ClF4N6O2. The van der Waals surface area contributed by atoms with Gasteiger partial charge in [0.1, 0.15) is 11.4 Å².